The van der Waals surface area contributed by atoms with Crippen molar-refractivity contribution >= 4 is 33.8 Å². The number of fused-ring (bicyclic) bond motifs is 1. The van der Waals surface area contributed by atoms with Crippen LogP contribution >= 0.6 is 0 Å². The maximum Gasteiger partial charge on any atom is 0.270 e. The number of nitro benzene ring substituents is 1. The first-order chi connectivity index (χ1) is 11.9. The van der Waals surface area contributed by atoms with Gasteiger partial charge in [0.05, 0.1) is 15.8 Å². The Balaban J connectivity index is 2.12. The summed E-state index contributed by atoms with van der Waals surface area (Å²) in [6, 6.07) is 12.7. The van der Waals surface area contributed by atoms with Crippen LogP contribution in [0.25, 0.3) is 10.9 Å². The zero-order valence-corrected chi connectivity index (χ0v) is 14.6. The van der Waals surface area contributed by atoms with Crippen molar-refractivity contribution in [2.45, 2.75) is 6.92 Å². The van der Waals surface area contributed by atoms with Crippen molar-refractivity contribution in [3.05, 3.63) is 58.4 Å². The number of hydrogen-bond acceptors (Lipinski definition) is 6. The predicted octanol–water partition coefficient (Wildman–Crippen LogP) is 3.68. The van der Waals surface area contributed by atoms with Gasteiger partial charge in [0.2, 0.25) is 0 Å². The summed E-state index contributed by atoms with van der Waals surface area (Å²) in [5, 5.41) is 11.8. The molecule has 3 aromatic rings. The van der Waals surface area contributed by atoms with E-state index in [1.807, 2.05) is 62.1 Å². The molecule has 128 valence electrons. The number of aryl methyl sites for hydroxylation is 1. The van der Waals surface area contributed by atoms with Crippen LogP contribution in [0.1, 0.15) is 5.82 Å². The molecule has 0 spiro atoms. The Morgan fingerprint density at radius 3 is 2.20 bits per heavy atom. The minimum atomic E-state index is -0.408. The zero-order chi connectivity index (χ0) is 18.1. The summed E-state index contributed by atoms with van der Waals surface area (Å²) in [4.78, 5) is 23.5. The molecule has 7 heteroatoms. The molecule has 2 aromatic carbocycles. The van der Waals surface area contributed by atoms with Crippen LogP contribution in [0.4, 0.5) is 22.9 Å². The van der Waals surface area contributed by atoms with Gasteiger partial charge in [-0.1, -0.05) is 0 Å². The summed E-state index contributed by atoms with van der Waals surface area (Å²) in [6.45, 7) is 1.81. The largest absolute Gasteiger partial charge is 0.378 e. The molecule has 3 rings (SSSR count). The third-order valence-corrected chi connectivity index (χ3v) is 4.05. The van der Waals surface area contributed by atoms with E-state index in [2.05, 4.69) is 9.97 Å². The number of nitrogens with zero attached hydrogens (tertiary/aromatic N) is 5. The zero-order valence-electron chi connectivity index (χ0n) is 14.6. The molecule has 0 aliphatic carbocycles. The molecule has 0 bridgehead atoms. The van der Waals surface area contributed by atoms with E-state index in [4.69, 9.17) is 0 Å². The van der Waals surface area contributed by atoms with Gasteiger partial charge in [-0.25, -0.2) is 9.97 Å². The Bertz CT molecular complexity index is 938. The summed E-state index contributed by atoms with van der Waals surface area (Å²) in [6.07, 6.45) is 0. The first-order valence-corrected chi connectivity index (χ1v) is 7.81. The van der Waals surface area contributed by atoms with Gasteiger partial charge in [0.25, 0.3) is 5.69 Å². The van der Waals surface area contributed by atoms with E-state index < -0.39 is 4.92 Å². The molecular weight excluding hydrogens is 318 g/mol. The van der Waals surface area contributed by atoms with E-state index in [0.29, 0.717) is 22.5 Å². The fraction of sp³-hybridized carbons (Fsp3) is 0.222. The second-order valence-corrected chi connectivity index (χ2v) is 6.02. The lowest BCUT2D eigenvalue weighted by molar-refractivity contribution is -0.384. The van der Waals surface area contributed by atoms with Crippen LogP contribution in [0.2, 0.25) is 0 Å². The summed E-state index contributed by atoms with van der Waals surface area (Å²) in [7, 11) is 5.86. The number of rotatable bonds is 4. The van der Waals surface area contributed by atoms with Gasteiger partial charge in [-0.3, -0.25) is 10.1 Å². The molecule has 0 aliphatic rings. The van der Waals surface area contributed by atoms with Crippen LogP contribution in [0.5, 0.6) is 0 Å². The molecule has 0 saturated heterocycles. The molecule has 0 atom stereocenters. The lowest BCUT2D eigenvalue weighted by Crippen LogP contribution is -2.14. The Hall–Kier alpha value is -3.22. The average molecular weight is 337 g/mol. The maximum atomic E-state index is 11.1. The normalized spacial score (nSPS) is 10.7. The highest BCUT2D eigenvalue weighted by atomic mass is 16.6. The van der Waals surface area contributed by atoms with Gasteiger partial charge < -0.3 is 9.80 Å². The first kappa shape index (κ1) is 16.6. The Morgan fingerprint density at radius 2 is 1.60 bits per heavy atom. The van der Waals surface area contributed by atoms with E-state index in [9.17, 15) is 10.1 Å². The van der Waals surface area contributed by atoms with Crippen LogP contribution < -0.4 is 9.80 Å². The quantitative estimate of drug-likeness (QED) is 0.534. The standard InChI is InChI=1S/C18H19N5O2/c1-12-19-17-10-9-15(23(24)25)11-16(17)18(20-12)22(4)14-7-5-13(6-8-14)21(2)3/h5-11H,1-4H3. The topological polar surface area (TPSA) is 75.4 Å². The molecular formula is C18H19N5O2. The summed E-state index contributed by atoms with van der Waals surface area (Å²) >= 11 is 0. The van der Waals surface area contributed by atoms with Crippen molar-refractivity contribution in [2.75, 3.05) is 30.9 Å². The van der Waals surface area contributed by atoms with Gasteiger partial charge in [0, 0.05) is 44.7 Å². The average Bonchev–Trinajstić information content (AvgIpc) is 2.60. The molecule has 0 aliphatic heterocycles. The fourth-order valence-electron chi connectivity index (χ4n) is 2.68. The maximum absolute atomic E-state index is 11.1. The Morgan fingerprint density at radius 1 is 0.960 bits per heavy atom. The molecule has 1 heterocycles. The van der Waals surface area contributed by atoms with Gasteiger partial charge in [0.1, 0.15) is 11.6 Å². The molecule has 1 aromatic heterocycles. The minimum Gasteiger partial charge on any atom is -0.378 e. The molecule has 7 nitrogen and oxygen atoms in total. The monoisotopic (exact) mass is 337 g/mol. The van der Waals surface area contributed by atoms with Crippen molar-refractivity contribution in [3.63, 3.8) is 0 Å². The number of benzene rings is 2. The van der Waals surface area contributed by atoms with Gasteiger partial charge in [-0.2, -0.15) is 0 Å². The predicted molar refractivity (Wildman–Crippen MR) is 99.8 cm³/mol. The first-order valence-electron chi connectivity index (χ1n) is 7.81. The van der Waals surface area contributed by atoms with Gasteiger partial charge in [-0.15, -0.1) is 0 Å². The van der Waals surface area contributed by atoms with Gasteiger partial charge in [0.15, 0.2) is 0 Å². The van der Waals surface area contributed by atoms with Crippen LogP contribution in [-0.2, 0) is 0 Å². The highest BCUT2D eigenvalue weighted by Crippen LogP contribution is 2.31. The molecule has 0 amide bonds. The van der Waals surface area contributed by atoms with Crippen LogP contribution in [0, 0.1) is 17.0 Å². The van der Waals surface area contributed by atoms with Crippen LogP contribution in [0.15, 0.2) is 42.5 Å². The lowest BCUT2D eigenvalue weighted by Gasteiger charge is -2.21. The lowest BCUT2D eigenvalue weighted by atomic mass is 10.2. The number of nitro groups is 1. The number of hydrogen-bond donors (Lipinski definition) is 0. The molecule has 0 radical (unpaired) electrons. The van der Waals surface area contributed by atoms with Crippen molar-refractivity contribution in [2.24, 2.45) is 0 Å². The fourth-order valence-corrected chi connectivity index (χ4v) is 2.68. The van der Waals surface area contributed by atoms with Crippen LogP contribution in [0.3, 0.4) is 0 Å². The van der Waals surface area contributed by atoms with Crippen molar-refractivity contribution in [1.29, 1.82) is 0 Å². The summed E-state index contributed by atoms with van der Waals surface area (Å²) < 4.78 is 0. The van der Waals surface area contributed by atoms with E-state index in [1.165, 1.54) is 12.1 Å². The van der Waals surface area contributed by atoms with Crippen molar-refractivity contribution in [1.82, 2.24) is 9.97 Å². The minimum absolute atomic E-state index is 0.0255. The van der Waals surface area contributed by atoms with Crippen molar-refractivity contribution < 1.29 is 4.92 Å². The molecule has 0 N–H and O–H groups in total. The smallest absolute Gasteiger partial charge is 0.270 e. The van der Waals surface area contributed by atoms with Crippen molar-refractivity contribution in [3.8, 4) is 0 Å². The SMILES string of the molecule is Cc1nc(N(C)c2ccc(N(C)C)cc2)c2cc([N+](=O)[O-])ccc2n1. The third-order valence-electron chi connectivity index (χ3n) is 4.05. The highest BCUT2D eigenvalue weighted by Gasteiger charge is 2.15. The highest BCUT2D eigenvalue weighted by molar-refractivity contribution is 5.93. The Kier molecular flexibility index (Phi) is 4.22. The summed E-state index contributed by atoms with van der Waals surface area (Å²) in [5.41, 5.74) is 2.75. The second kappa shape index (κ2) is 6.35. The van der Waals surface area contributed by atoms with E-state index in [0.717, 1.165) is 11.4 Å². The number of anilines is 3. The molecule has 0 fully saturated rings. The molecule has 0 saturated carbocycles. The second-order valence-electron chi connectivity index (χ2n) is 6.02. The van der Waals surface area contributed by atoms with E-state index in [1.54, 1.807) is 6.07 Å². The third kappa shape index (κ3) is 3.21. The molecule has 25 heavy (non-hydrogen) atoms. The van der Waals surface area contributed by atoms with Gasteiger partial charge >= 0.3 is 0 Å². The summed E-state index contributed by atoms with van der Waals surface area (Å²) in [5.74, 6) is 1.26. The Labute approximate surface area is 145 Å². The van der Waals surface area contributed by atoms with Crippen LogP contribution in [-0.4, -0.2) is 36.0 Å². The van der Waals surface area contributed by atoms with Gasteiger partial charge in [-0.05, 0) is 37.3 Å². The number of non-ortho nitro benzene ring substituents is 1. The number of aromatic nitrogens is 2. The molecule has 0 unspecified atom stereocenters. The van der Waals surface area contributed by atoms with E-state index in [-0.39, 0.29) is 5.69 Å². The van der Waals surface area contributed by atoms with E-state index >= 15 is 0 Å².